The van der Waals surface area contributed by atoms with E-state index >= 15 is 0 Å². The lowest BCUT2D eigenvalue weighted by Crippen LogP contribution is -2.39. The molecule has 0 amide bonds. The van der Waals surface area contributed by atoms with Crippen LogP contribution >= 0.6 is 0 Å². The van der Waals surface area contributed by atoms with Crippen LogP contribution in [0, 0.1) is 11.3 Å². The van der Waals surface area contributed by atoms with E-state index in [1.165, 1.54) is 0 Å². The van der Waals surface area contributed by atoms with Gasteiger partial charge in [0.2, 0.25) is 0 Å². The second kappa shape index (κ2) is 7.53. The standard InChI is InChI=1S/C19H19NO2/c1-2-22-19(14-9-15-20,17-12-7-4-8-13-17)18(21)16-10-5-3-6-11-16/h3-8,10-13H,2,9,14H2,1H3. The first-order chi connectivity index (χ1) is 10.7. The van der Waals surface area contributed by atoms with Crippen molar-refractivity contribution in [2.24, 2.45) is 0 Å². The lowest BCUT2D eigenvalue weighted by molar-refractivity contribution is -0.0285. The SMILES string of the molecule is CCOC(CCC#N)(C(=O)c1ccccc1)c1ccccc1. The van der Waals surface area contributed by atoms with Gasteiger partial charge in [-0.1, -0.05) is 60.7 Å². The highest BCUT2D eigenvalue weighted by Crippen LogP contribution is 2.34. The fourth-order valence-electron chi connectivity index (χ4n) is 2.62. The highest BCUT2D eigenvalue weighted by molar-refractivity contribution is 6.03. The van der Waals surface area contributed by atoms with Gasteiger partial charge in [-0.05, 0) is 12.5 Å². The first-order valence-electron chi connectivity index (χ1n) is 7.41. The summed E-state index contributed by atoms with van der Waals surface area (Å²) in [6.07, 6.45) is 0.600. The number of carbonyl (C=O) groups is 1. The zero-order valence-electron chi connectivity index (χ0n) is 12.7. The second-order valence-electron chi connectivity index (χ2n) is 4.98. The van der Waals surface area contributed by atoms with E-state index in [4.69, 9.17) is 10.00 Å². The van der Waals surface area contributed by atoms with Crippen molar-refractivity contribution in [1.82, 2.24) is 0 Å². The predicted molar refractivity (Wildman–Crippen MR) is 85.4 cm³/mol. The van der Waals surface area contributed by atoms with Crippen molar-refractivity contribution in [3.63, 3.8) is 0 Å². The van der Waals surface area contributed by atoms with Crippen LogP contribution in [0.1, 0.15) is 35.7 Å². The number of nitriles is 1. The third-order valence-corrected chi connectivity index (χ3v) is 3.62. The van der Waals surface area contributed by atoms with Gasteiger partial charge in [0.25, 0.3) is 0 Å². The van der Waals surface area contributed by atoms with Gasteiger partial charge < -0.3 is 4.74 Å². The Labute approximate surface area is 131 Å². The Hall–Kier alpha value is -2.44. The monoisotopic (exact) mass is 293 g/mol. The van der Waals surface area contributed by atoms with Gasteiger partial charge in [0.05, 0.1) is 6.07 Å². The lowest BCUT2D eigenvalue weighted by Gasteiger charge is -2.32. The molecule has 0 aliphatic rings. The molecule has 0 radical (unpaired) electrons. The van der Waals surface area contributed by atoms with E-state index in [2.05, 4.69) is 6.07 Å². The van der Waals surface area contributed by atoms with Gasteiger partial charge in [-0.15, -0.1) is 0 Å². The number of benzene rings is 2. The molecule has 1 unspecified atom stereocenters. The van der Waals surface area contributed by atoms with E-state index in [0.717, 1.165) is 5.56 Å². The average molecular weight is 293 g/mol. The van der Waals surface area contributed by atoms with Gasteiger partial charge >= 0.3 is 0 Å². The summed E-state index contributed by atoms with van der Waals surface area (Å²) < 4.78 is 5.93. The van der Waals surface area contributed by atoms with Crippen molar-refractivity contribution in [2.75, 3.05) is 6.61 Å². The molecule has 22 heavy (non-hydrogen) atoms. The molecule has 0 saturated carbocycles. The fraction of sp³-hybridized carbons (Fsp3) is 0.263. The molecular formula is C19H19NO2. The number of rotatable bonds is 7. The van der Waals surface area contributed by atoms with Gasteiger partial charge in [0.15, 0.2) is 11.4 Å². The van der Waals surface area contributed by atoms with Gasteiger partial charge in [-0.2, -0.15) is 5.26 Å². The molecule has 2 rings (SSSR count). The summed E-state index contributed by atoms with van der Waals surface area (Å²) in [6.45, 7) is 2.27. The summed E-state index contributed by atoms with van der Waals surface area (Å²) in [5.41, 5.74) is 0.284. The first-order valence-corrected chi connectivity index (χ1v) is 7.41. The Morgan fingerprint density at radius 2 is 1.68 bits per heavy atom. The minimum atomic E-state index is -1.10. The molecule has 0 spiro atoms. The molecule has 0 bridgehead atoms. The molecule has 0 N–H and O–H groups in total. The normalized spacial score (nSPS) is 13.1. The molecule has 0 fully saturated rings. The molecule has 0 heterocycles. The first kappa shape index (κ1) is 15.9. The van der Waals surface area contributed by atoms with Crippen molar-refractivity contribution in [2.45, 2.75) is 25.4 Å². The minimum absolute atomic E-state index is 0.101. The Morgan fingerprint density at radius 1 is 1.09 bits per heavy atom. The summed E-state index contributed by atoms with van der Waals surface area (Å²) >= 11 is 0. The smallest absolute Gasteiger partial charge is 0.199 e. The van der Waals surface area contributed by atoms with Crippen molar-refractivity contribution >= 4 is 5.78 Å². The summed E-state index contributed by atoms with van der Waals surface area (Å²) in [5, 5.41) is 8.98. The van der Waals surface area contributed by atoms with Crippen LogP contribution in [0.25, 0.3) is 0 Å². The molecule has 3 nitrogen and oxygen atoms in total. The molecule has 0 aliphatic carbocycles. The maximum absolute atomic E-state index is 13.1. The van der Waals surface area contributed by atoms with Gasteiger partial charge in [0.1, 0.15) is 0 Å². The molecule has 3 heteroatoms. The summed E-state index contributed by atoms with van der Waals surface area (Å²) in [6, 6.07) is 20.7. The Balaban J connectivity index is 2.52. The number of hydrogen-bond acceptors (Lipinski definition) is 3. The molecule has 0 aromatic heterocycles. The van der Waals surface area contributed by atoms with E-state index in [9.17, 15) is 4.79 Å². The molecule has 112 valence electrons. The third kappa shape index (κ3) is 3.24. The van der Waals surface area contributed by atoms with Gasteiger partial charge in [0, 0.05) is 25.0 Å². The topological polar surface area (TPSA) is 50.1 Å². The van der Waals surface area contributed by atoms with Crippen LogP contribution in [0.3, 0.4) is 0 Å². The molecule has 2 aromatic rings. The number of ether oxygens (including phenoxy) is 1. The summed E-state index contributed by atoms with van der Waals surface area (Å²) in [7, 11) is 0. The molecule has 0 saturated heterocycles. The van der Waals surface area contributed by atoms with Crippen LogP contribution in [0.15, 0.2) is 60.7 Å². The van der Waals surface area contributed by atoms with Crippen molar-refractivity contribution in [1.29, 1.82) is 5.26 Å². The van der Waals surface area contributed by atoms with Gasteiger partial charge in [-0.25, -0.2) is 0 Å². The lowest BCUT2D eigenvalue weighted by atomic mass is 9.82. The van der Waals surface area contributed by atoms with E-state index in [0.29, 0.717) is 18.6 Å². The molecule has 1 atom stereocenters. The van der Waals surface area contributed by atoms with E-state index in [1.807, 2.05) is 55.5 Å². The molecule has 2 aromatic carbocycles. The van der Waals surface area contributed by atoms with Gasteiger partial charge in [-0.3, -0.25) is 4.79 Å². The quantitative estimate of drug-likeness (QED) is 0.722. The zero-order chi connectivity index (χ0) is 15.8. The van der Waals surface area contributed by atoms with Crippen molar-refractivity contribution < 1.29 is 9.53 Å². The largest absolute Gasteiger partial charge is 0.362 e. The molecular weight excluding hydrogens is 274 g/mol. The van der Waals surface area contributed by atoms with Crippen LogP contribution in [0.2, 0.25) is 0 Å². The average Bonchev–Trinajstić information content (AvgIpc) is 2.59. The van der Waals surface area contributed by atoms with Crippen LogP contribution < -0.4 is 0 Å². The number of hydrogen-bond donors (Lipinski definition) is 0. The molecule has 0 aliphatic heterocycles. The predicted octanol–water partition coefficient (Wildman–Crippen LogP) is 4.11. The summed E-state index contributed by atoms with van der Waals surface area (Å²) in [4.78, 5) is 13.1. The Morgan fingerprint density at radius 3 is 2.23 bits per heavy atom. The van der Waals surface area contributed by atoms with E-state index in [1.54, 1.807) is 12.1 Å². The van der Waals surface area contributed by atoms with Crippen LogP contribution in [0.4, 0.5) is 0 Å². The van der Waals surface area contributed by atoms with Crippen molar-refractivity contribution in [3.8, 4) is 6.07 Å². The van der Waals surface area contributed by atoms with Crippen LogP contribution in [-0.2, 0) is 10.3 Å². The van der Waals surface area contributed by atoms with Crippen molar-refractivity contribution in [3.05, 3.63) is 71.8 Å². The number of carbonyl (C=O) groups excluding carboxylic acids is 1. The number of ketones is 1. The number of nitrogens with zero attached hydrogens (tertiary/aromatic N) is 1. The Kier molecular flexibility index (Phi) is 5.46. The number of Topliss-reactive ketones (excluding diaryl/α,β-unsaturated/α-hetero) is 1. The highest BCUT2D eigenvalue weighted by Gasteiger charge is 2.41. The fourth-order valence-corrected chi connectivity index (χ4v) is 2.62. The maximum atomic E-state index is 13.1. The minimum Gasteiger partial charge on any atom is -0.362 e. The summed E-state index contributed by atoms with van der Waals surface area (Å²) in [5.74, 6) is -0.101. The Bertz CT molecular complexity index is 646. The highest BCUT2D eigenvalue weighted by atomic mass is 16.5. The van der Waals surface area contributed by atoms with E-state index in [-0.39, 0.29) is 12.2 Å². The maximum Gasteiger partial charge on any atom is 0.199 e. The van der Waals surface area contributed by atoms with Crippen LogP contribution in [0.5, 0.6) is 0 Å². The second-order valence-corrected chi connectivity index (χ2v) is 4.98. The third-order valence-electron chi connectivity index (χ3n) is 3.62. The van der Waals surface area contributed by atoms with Crippen LogP contribution in [-0.4, -0.2) is 12.4 Å². The zero-order valence-corrected chi connectivity index (χ0v) is 12.7. The van der Waals surface area contributed by atoms with E-state index < -0.39 is 5.60 Å².